The third-order valence-corrected chi connectivity index (χ3v) is 3.02. The average molecular weight is 214 g/mol. The van der Waals surface area contributed by atoms with E-state index in [1.165, 1.54) is 18.5 Å². The van der Waals surface area contributed by atoms with E-state index in [9.17, 15) is 5.11 Å². The molecule has 1 aliphatic rings. The quantitative estimate of drug-likeness (QED) is 0.851. The van der Waals surface area contributed by atoms with Gasteiger partial charge in [-0.3, -0.25) is 0 Å². The number of benzene rings is 1. The van der Waals surface area contributed by atoms with E-state index < -0.39 is 0 Å². The molecule has 1 aromatic heterocycles. The zero-order valence-corrected chi connectivity index (χ0v) is 9.00. The Hall–Kier alpha value is -1.61. The number of rotatable bonds is 3. The third-order valence-electron chi connectivity index (χ3n) is 3.02. The van der Waals surface area contributed by atoms with Gasteiger partial charge in [-0.1, -0.05) is 18.2 Å². The summed E-state index contributed by atoms with van der Waals surface area (Å²) in [6, 6.07) is 10.1. The summed E-state index contributed by atoms with van der Waals surface area (Å²) in [5, 5.41) is 13.7. The largest absolute Gasteiger partial charge is 0.392 e. The highest BCUT2D eigenvalue weighted by Crippen LogP contribution is 2.42. The predicted octanol–water partition coefficient (Wildman–Crippen LogP) is 2.24. The molecule has 1 fully saturated rings. The zero-order chi connectivity index (χ0) is 11.0. The molecule has 0 bridgehead atoms. The van der Waals surface area contributed by atoms with E-state index in [2.05, 4.69) is 5.10 Å². The van der Waals surface area contributed by atoms with Gasteiger partial charge in [-0.05, 0) is 25.0 Å². The molecule has 0 unspecified atom stereocenters. The van der Waals surface area contributed by atoms with Gasteiger partial charge in [-0.25, -0.2) is 4.68 Å². The summed E-state index contributed by atoms with van der Waals surface area (Å²) in [5.74, 6) is 0.588. The van der Waals surface area contributed by atoms with Gasteiger partial charge in [-0.15, -0.1) is 0 Å². The molecule has 0 radical (unpaired) electrons. The smallest absolute Gasteiger partial charge is 0.0715 e. The Balaban J connectivity index is 2.10. The number of nitrogens with zero attached hydrogens (tertiary/aromatic N) is 2. The summed E-state index contributed by atoms with van der Waals surface area (Å²) in [6.45, 7) is 0.0820. The molecule has 1 saturated carbocycles. The van der Waals surface area contributed by atoms with Crippen LogP contribution in [0.2, 0.25) is 0 Å². The second-order valence-electron chi connectivity index (χ2n) is 4.23. The molecule has 1 aromatic carbocycles. The highest BCUT2D eigenvalue weighted by Gasteiger charge is 2.30. The second-order valence-corrected chi connectivity index (χ2v) is 4.23. The maximum Gasteiger partial charge on any atom is 0.0715 e. The molecule has 82 valence electrons. The van der Waals surface area contributed by atoms with Gasteiger partial charge in [0.2, 0.25) is 0 Å². The second kappa shape index (κ2) is 3.76. The first-order valence-electron chi connectivity index (χ1n) is 5.63. The van der Waals surface area contributed by atoms with E-state index in [1.54, 1.807) is 6.20 Å². The summed E-state index contributed by atoms with van der Waals surface area (Å²) >= 11 is 0. The van der Waals surface area contributed by atoms with E-state index in [0.29, 0.717) is 5.92 Å². The van der Waals surface area contributed by atoms with Crippen molar-refractivity contribution in [2.24, 2.45) is 0 Å². The fourth-order valence-electron chi connectivity index (χ4n) is 2.08. The molecule has 0 saturated heterocycles. The number of hydrogen-bond donors (Lipinski definition) is 1. The Bertz CT molecular complexity index is 486. The molecule has 3 rings (SSSR count). The summed E-state index contributed by atoms with van der Waals surface area (Å²) in [7, 11) is 0. The molecular formula is C13H14N2O. The monoisotopic (exact) mass is 214 g/mol. The van der Waals surface area contributed by atoms with Crippen molar-refractivity contribution >= 4 is 0 Å². The lowest BCUT2D eigenvalue weighted by atomic mass is 10.2. The SMILES string of the molecule is OCc1cnn(-c2ccccc2)c1C1CC1. The Morgan fingerprint density at radius 2 is 2.00 bits per heavy atom. The van der Waals surface area contributed by atoms with Crippen molar-refractivity contribution in [3.63, 3.8) is 0 Å². The van der Waals surface area contributed by atoms with Gasteiger partial charge in [0.25, 0.3) is 0 Å². The lowest BCUT2D eigenvalue weighted by Crippen LogP contribution is -2.02. The molecule has 1 N–H and O–H groups in total. The van der Waals surface area contributed by atoms with Gasteiger partial charge in [0.05, 0.1) is 24.2 Å². The average Bonchev–Trinajstić information content (AvgIpc) is 3.09. The van der Waals surface area contributed by atoms with Gasteiger partial charge in [-0.2, -0.15) is 5.10 Å². The van der Waals surface area contributed by atoms with Crippen LogP contribution in [0.5, 0.6) is 0 Å². The first-order valence-corrected chi connectivity index (χ1v) is 5.63. The van der Waals surface area contributed by atoms with Crippen LogP contribution in [0.3, 0.4) is 0 Å². The fourth-order valence-corrected chi connectivity index (χ4v) is 2.08. The molecule has 0 amide bonds. The molecular weight excluding hydrogens is 200 g/mol. The van der Waals surface area contributed by atoms with E-state index in [0.717, 1.165) is 11.3 Å². The maximum atomic E-state index is 9.30. The zero-order valence-electron chi connectivity index (χ0n) is 9.00. The Labute approximate surface area is 94.3 Å². The maximum absolute atomic E-state index is 9.30. The topological polar surface area (TPSA) is 38.1 Å². The van der Waals surface area contributed by atoms with Crippen LogP contribution in [0.1, 0.15) is 30.0 Å². The van der Waals surface area contributed by atoms with Crippen molar-refractivity contribution in [3.8, 4) is 5.69 Å². The van der Waals surface area contributed by atoms with Crippen LogP contribution in [-0.2, 0) is 6.61 Å². The molecule has 0 spiro atoms. The van der Waals surface area contributed by atoms with Crippen LogP contribution in [0.25, 0.3) is 5.69 Å². The Morgan fingerprint density at radius 1 is 1.25 bits per heavy atom. The minimum atomic E-state index is 0.0820. The van der Waals surface area contributed by atoms with E-state index in [-0.39, 0.29) is 6.61 Å². The summed E-state index contributed by atoms with van der Waals surface area (Å²) in [4.78, 5) is 0. The Morgan fingerprint density at radius 3 is 2.62 bits per heavy atom. The first kappa shape index (κ1) is 9.60. The molecule has 0 aliphatic heterocycles. The van der Waals surface area contributed by atoms with Crippen molar-refractivity contribution in [1.29, 1.82) is 0 Å². The molecule has 1 heterocycles. The van der Waals surface area contributed by atoms with E-state index in [4.69, 9.17) is 0 Å². The first-order chi connectivity index (χ1) is 7.90. The predicted molar refractivity (Wildman–Crippen MR) is 61.5 cm³/mol. The standard InChI is InChI=1S/C13H14N2O/c16-9-11-8-14-15(13(11)10-6-7-10)12-4-2-1-3-5-12/h1-5,8,10,16H,6-7,9H2. The van der Waals surface area contributed by atoms with Gasteiger partial charge < -0.3 is 5.11 Å². The highest BCUT2D eigenvalue weighted by atomic mass is 16.3. The molecule has 3 nitrogen and oxygen atoms in total. The number of aromatic nitrogens is 2. The van der Waals surface area contributed by atoms with E-state index in [1.807, 2.05) is 35.0 Å². The van der Waals surface area contributed by atoms with Gasteiger partial charge in [0, 0.05) is 11.5 Å². The van der Waals surface area contributed by atoms with Crippen LogP contribution >= 0.6 is 0 Å². The molecule has 0 atom stereocenters. The minimum absolute atomic E-state index is 0.0820. The number of aliphatic hydroxyl groups excluding tert-OH is 1. The number of para-hydroxylation sites is 1. The summed E-state index contributed by atoms with van der Waals surface area (Å²) in [5.41, 5.74) is 3.23. The minimum Gasteiger partial charge on any atom is -0.392 e. The summed E-state index contributed by atoms with van der Waals surface area (Å²) in [6.07, 6.45) is 4.21. The fraction of sp³-hybridized carbons (Fsp3) is 0.308. The number of hydrogen-bond acceptors (Lipinski definition) is 2. The normalized spacial score (nSPS) is 15.3. The van der Waals surface area contributed by atoms with Gasteiger partial charge >= 0.3 is 0 Å². The van der Waals surface area contributed by atoms with Gasteiger partial charge in [0.15, 0.2) is 0 Å². The third kappa shape index (κ3) is 1.53. The Kier molecular flexibility index (Phi) is 2.26. The number of aliphatic hydroxyl groups is 1. The van der Waals surface area contributed by atoms with Crippen molar-refractivity contribution in [1.82, 2.24) is 9.78 Å². The van der Waals surface area contributed by atoms with Crippen LogP contribution in [0.4, 0.5) is 0 Å². The van der Waals surface area contributed by atoms with Crippen molar-refractivity contribution < 1.29 is 5.11 Å². The van der Waals surface area contributed by atoms with Gasteiger partial charge in [0.1, 0.15) is 0 Å². The van der Waals surface area contributed by atoms with Crippen LogP contribution in [0, 0.1) is 0 Å². The van der Waals surface area contributed by atoms with Crippen LogP contribution < -0.4 is 0 Å². The lowest BCUT2D eigenvalue weighted by Gasteiger charge is -2.07. The van der Waals surface area contributed by atoms with E-state index >= 15 is 0 Å². The molecule has 3 heteroatoms. The van der Waals surface area contributed by atoms with Crippen molar-refractivity contribution in [2.45, 2.75) is 25.4 Å². The molecule has 16 heavy (non-hydrogen) atoms. The van der Waals surface area contributed by atoms with Crippen LogP contribution in [0.15, 0.2) is 36.5 Å². The molecule has 2 aromatic rings. The lowest BCUT2D eigenvalue weighted by molar-refractivity contribution is 0.280. The van der Waals surface area contributed by atoms with Crippen molar-refractivity contribution in [2.75, 3.05) is 0 Å². The molecule has 1 aliphatic carbocycles. The summed E-state index contributed by atoms with van der Waals surface area (Å²) < 4.78 is 1.96. The highest BCUT2D eigenvalue weighted by molar-refractivity contribution is 5.37. The van der Waals surface area contributed by atoms with Crippen molar-refractivity contribution in [3.05, 3.63) is 47.8 Å². The van der Waals surface area contributed by atoms with Crippen LogP contribution in [-0.4, -0.2) is 14.9 Å².